The maximum absolute atomic E-state index is 11.7. The number of hydrogen-bond donors (Lipinski definition) is 2. The normalized spacial score (nSPS) is 10.7. The molecule has 1 amide bonds. The Hall–Kier alpha value is -2.63. The van der Waals surface area contributed by atoms with Gasteiger partial charge in [-0.25, -0.2) is 5.43 Å². The van der Waals surface area contributed by atoms with E-state index in [4.69, 9.17) is 4.74 Å². The lowest BCUT2D eigenvalue weighted by atomic mass is 10.2. The Morgan fingerprint density at radius 1 is 1.45 bits per heavy atom. The first-order valence-corrected chi connectivity index (χ1v) is 6.27. The van der Waals surface area contributed by atoms with Crippen LogP contribution in [0.3, 0.4) is 0 Å². The van der Waals surface area contributed by atoms with Crippen molar-refractivity contribution in [3.63, 3.8) is 0 Å². The molecular formula is C14H16N4O2. The molecule has 6 nitrogen and oxygen atoms in total. The lowest BCUT2D eigenvalue weighted by Crippen LogP contribution is -2.17. The van der Waals surface area contributed by atoms with Gasteiger partial charge in [0, 0.05) is 5.69 Å². The van der Waals surface area contributed by atoms with Gasteiger partial charge in [-0.2, -0.15) is 10.2 Å². The zero-order valence-electron chi connectivity index (χ0n) is 11.4. The van der Waals surface area contributed by atoms with Gasteiger partial charge in [0.05, 0.1) is 12.8 Å². The van der Waals surface area contributed by atoms with Crippen molar-refractivity contribution in [1.29, 1.82) is 0 Å². The second-order valence-electron chi connectivity index (χ2n) is 4.14. The number of carbonyl (C=O) groups is 1. The highest BCUT2D eigenvalue weighted by atomic mass is 16.5. The minimum atomic E-state index is -0.350. The lowest BCUT2D eigenvalue weighted by molar-refractivity contribution is 0.0950. The van der Waals surface area contributed by atoms with Crippen LogP contribution in [0.2, 0.25) is 0 Å². The molecule has 0 saturated carbocycles. The third kappa shape index (κ3) is 3.68. The molecule has 6 heteroatoms. The monoisotopic (exact) mass is 272 g/mol. The van der Waals surface area contributed by atoms with Gasteiger partial charge in [-0.05, 0) is 49.7 Å². The van der Waals surface area contributed by atoms with Crippen LogP contribution in [0, 0.1) is 6.92 Å². The Balaban J connectivity index is 1.91. The number of aryl methyl sites for hydroxylation is 1. The molecule has 0 aliphatic heterocycles. The highest BCUT2D eigenvalue weighted by molar-refractivity contribution is 5.93. The van der Waals surface area contributed by atoms with Crippen molar-refractivity contribution >= 4 is 12.1 Å². The summed E-state index contributed by atoms with van der Waals surface area (Å²) in [6, 6.07) is 9.08. The fourth-order valence-corrected chi connectivity index (χ4v) is 1.57. The number of hydrogen-bond acceptors (Lipinski definition) is 4. The average Bonchev–Trinajstić information content (AvgIpc) is 2.88. The number of benzene rings is 1. The zero-order valence-corrected chi connectivity index (χ0v) is 11.4. The smallest absolute Gasteiger partial charge is 0.291 e. The first kappa shape index (κ1) is 13.8. The molecule has 20 heavy (non-hydrogen) atoms. The summed E-state index contributed by atoms with van der Waals surface area (Å²) in [6.07, 6.45) is 1.56. The summed E-state index contributed by atoms with van der Waals surface area (Å²) < 4.78 is 5.34. The van der Waals surface area contributed by atoms with Crippen LogP contribution in [0.25, 0.3) is 0 Å². The molecule has 0 radical (unpaired) electrons. The van der Waals surface area contributed by atoms with Crippen LogP contribution in [-0.2, 0) is 0 Å². The molecule has 0 aliphatic carbocycles. The van der Waals surface area contributed by atoms with E-state index in [-0.39, 0.29) is 5.91 Å². The summed E-state index contributed by atoms with van der Waals surface area (Å²) in [7, 11) is 0. The van der Waals surface area contributed by atoms with Gasteiger partial charge >= 0.3 is 0 Å². The summed E-state index contributed by atoms with van der Waals surface area (Å²) in [5.74, 6) is 0.456. The molecule has 0 atom stereocenters. The first-order valence-electron chi connectivity index (χ1n) is 6.27. The van der Waals surface area contributed by atoms with Crippen LogP contribution in [-0.4, -0.2) is 28.9 Å². The Morgan fingerprint density at radius 2 is 2.20 bits per heavy atom. The molecule has 0 unspecified atom stereocenters. The molecule has 1 heterocycles. The Kier molecular flexibility index (Phi) is 4.49. The van der Waals surface area contributed by atoms with E-state index in [2.05, 4.69) is 20.7 Å². The van der Waals surface area contributed by atoms with E-state index in [1.165, 1.54) is 0 Å². The van der Waals surface area contributed by atoms with Gasteiger partial charge in [-0.1, -0.05) is 0 Å². The van der Waals surface area contributed by atoms with Crippen LogP contribution in [0.1, 0.15) is 28.7 Å². The fraction of sp³-hybridized carbons (Fsp3) is 0.214. The quantitative estimate of drug-likeness (QED) is 0.644. The SMILES string of the molecule is CCOc1ccc(/C=N/NC(=O)c2cc(C)[nH]n2)cc1. The maximum Gasteiger partial charge on any atom is 0.291 e. The molecule has 1 aromatic heterocycles. The van der Waals surface area contributed by atoms with E-state index in [9.17, 15) is 4.79 Å². The second kappa shape index (κ2) is 6.51. The summed E-state index contributed by atoms with van der Waals surface area (Å²) >= 11 is 0. The number of nitrogens with zero attached hydrogens (tertiary/aromatic N) is 2. The number of amides is 1. The van der Waals surface area contributed by atoms with Crippen molar-refractivity contribution in [3.05, 3.63) is 47.3 Å². The first-order chi connectivity index (χ1) is 9.69. The van der Waals surface area contributed by atoms with E-state index in [0.29, 0.717) is 12.3 Å². The topological polar surface area (TPSA) is 79.4 Å². The molecule has 1 aromatic carbocycles. The van der Waals surface area contributed by atoms with Crippen molar-refractivity contribution in [3.8, 4) is 5.75 Å². The Bertz CT molecular complexity index is 602. The number of aromatic amines is 1. The van der Waals surface area contributed by atoms with E-state index in [1.54, 1.807) is 12.3 Å². The number of carbonyl (C=O) groups excluding carboxylic acids is 1. The number of ether oxygens (including phenoxy) is 1. The minimum absolute atomic E-state index is 0.311. The predicted octanol–water partition coefficient (Wildman–Crippen LogP) is 1.88. The highest BCUT2D eigenvalue weighted by Gasteiger charge is 2.07. The number of H-pyrrole nitrogens is 1. The molecule has 2 rings (SSSR count). The third-order valence-corrected chi connectivity index (χ3v) is 2.51. The summed E-state index contributed by atoms with van der Waals surface area (Å²) in [4.78, 5) is 11.7. The predicted molar refractivity (Wildman–Crippen MR) is 76.0 cm³/mol. The van der Waals surface area contributed by atoms with Crippen molar-refractivity contribution < 1.29 is 9.53 Å². The molecule has 104 valence electrons. The fourth-order valence-electron chi connectivity index (χ4n) is 1.57. The summed E-state index contributed by atoms with van der Waals surface area (Å²) in [6.45, 7) is 4.39. The standard InChI is InChI=1S/C14H16N4O2/c1-3-20-12-6-4-11(5-7-12)9-15-18-14(19)13-8-10(2)16-17-13/h4-9H,3H2,1-2H3,(H,16,17)(H,18,19)/b15-9+. The average molecular weight is 272 g/mol. The van der Waals surface area contributed by atoms with Gasteiger partial charge < -0.3 is 4.74 Å². The Morgan fingerprint density at radius 3 is 2.80 bits per heavy atom. The largest absolute Gasteiger partial charge is 0.494 e. The Labute approximate surface area is 116 Å². The van der Waals surface area contributed by atoms with Gasteiger partial charge in [0.15, 0.2) is 5.69 Å². The second-order valence-corrected chi connectivity index (χ2v) is 4.14. The number of hydrazone groups is 1. The zero-order chi connectivity index (χ0) is 14.4. The lowest BCUT2D eigenvalue weighted by Gasteiger charge is -2.02. The van der Waals surface area contributed by atoms with Gasteiger partial charge in [-0.15, -0.1) is 0 Å². The van der Waals surface area contributed by atoms with Crippen molar-refractivity contribution in [2.45, 2.75) is 13.8 Å². The molecular weight excluding hydrogens is 256 g/mol. The van der Waals surface area contributed by atoms with Crippen molar-refractivity contribution in [2.75, 3.05) is 6.61 Å². The van der Waals surface area contributed by atoms with Crippen LogP contribution in [0.5, 0.6) is 5.75 Å². The van der Waals surface area contributed by atoms with E-state index in [1.807, 2.05) is 38.1 Å². The van der Waals surface area contributed by atoms with E-state index >= 15 is 0 Å². The number of aromatic nitrogens is 2. The number of rotatable bonds is 5. The number of nitrogens with one attached hydrogen (secondary N) is 2. The van der Waals surface area contributed by atoms with Crippen LogP contribution < -0.4 is 10.2 Å². The maximum atomic E-state index is 11.7. The van der Waals surface area contributed by atoms with Crippen molar-refractivity contribution in [2.24, 2.45) is 5.10 Å². The molecule has 0 aliphatic rings. The van der Waals surface area contributed by atoms with Gasteiger partial charge in [0.2, 0.25) is 0 Å². The molecule has 2 N–H and O–H groups in total. The van der Waals surface area contributed by atoms with Gasteiger partial charge in [0.1, 0.15) is 5.75 Å². The van der Waals surface area contributed by atoms with Crippen LogP contribution in [0.15, 0.2) is 35.4 Å². The molecule has 0 spiro atoms. The third-order valence-electron chi connectivity index (χ3n) is 2.51. The molecule has 2 aromatic rings. The van der Waals surface area contributed by atoms with Crippen LogP contribution in [0.4, 0.5) is 0 Å². The summed E-state index contributed by atoms with van der Waals surface area (Å²) in [5, 5.41) is 10.4. The minimum Gasteiger partial charge on any atom is -0.494 e. The van der Waals surface area contributed by atoms with E-state index in [0.717, 1.165) is 17.0 Å². The van der Waals surface area contributed by atoms with Gasteiger partial charge in [0.25, 0.3) is 5.91 Å². The van der Waals surface area contributed by atoms with Gasteiger partial charge in [-0.3, -0.25) is 9.89 Å². The molecule has 0 saturated heterocycles. The highest BCUT2D eigenvalue weighted by Crippen LogP contribution is 2.10. The van der Waals surface area contributed by atoms with Crippen LogP contribution >= 0.6 is 0 Å². The molecule has 0 bridgehead atoms. The molecule has 0 fully saturated rings. The van der Waals surface area contributed by atoms with Crippen molar-refractivity contribution in [1.82, 2.24) is 15.6 Å². The summed E-state index contributed by atoms with van der Waals surface area (Å²) in [5.41, 5.74) is 4.42. The van der Waals surface area contributed by atoms with E-state index < -0.39 is 0 Å².